The van der Waals surface area contributed by atoms with Crippen molar-refractivity contribution < 1.29 is 19.0 Å². The lowest BCUT2D eigenvalue weighted by atomic mass is 9.94. The van der Waals surface area contributed by atoms with Gasteiger partial charge in [-0.2, -0.15) is 0 Å². The standard InChI is InChI=1S/C31H35N3O4/c1-36-29-15-23(16-30(37-2)31(29)38-3)27-18-28(35)25-17-24(9-10-26(25)33-27)32-19-21-11-13-34(14-12-21)20-22-7-5-4-6-8-22/h4-10,15-17,21,32H,11-14,18-20H2,1-3H3. The number of likely N-dealkylation sites (tertiary alicyclic amines) is 1. The summed E-state index contributed by atoms with van der Waals surface area (Å²) >= 11 is 0. The Labute approximate surface area is 224 Å². The molecule has 2 heterocycles. The van der Waals surface area contributed by atoms with Gasteiger partial charge in [0.1, 0.15) is 0 Å². The number of hydrogen-bond acceptors (Lipinski definition) is 7. The number of piperidine rings is 1. The lowest BCUT2D eigenvalue weighted by molar-refractivity contribution is 0.1000. The molecule has 0 bridgehead atoms. The van der Waals surface area contributed by atoms with Gasteiger partial charge in [0.2, 0.25) is 5.75 Å². The minimum atomic E-state index is 0.0524. The summed E-state index contributed by atoms with van der Waals surface area (Å²) in [5, 5.41) is 3.57. The second kappa shape index (κ2) is 11.7. The Bertz CT molecular complexity index is 1290. The first-order valence-corrected chi connectivity index (χ1v) is 13.1. The normalized spacial score (nSPS) is 16.0. The zero-order valence-corrected chi connectivity index (χ0v) is 22.3. The minimum absolute atomic E-state index is 0.0524. The van der Waals surface area contributed by atoms with Crippen molar-refractivity contribution in [2.24, 2.45) is 10.9 Å². The maximum atomic E-state index is 13.1. The van der Waals surface area contributed by atoms with Crippen molar-refractivity contribution in [3.05, 3.63) is 77.4 Å². The molecule has 1 saturated heterocycles. The number of carbonyl (C=O) groups is 1. The number of nitrogens with zero attached hydrogens (tertiary/aromatic N) is 2. The van der Waals surface area contributed by atoms with Gasteiger partial charge >= 0.3 is 0 Å². The molecule has 1 N–H and O–H groups in total. The summed E-state index contributed by atoms with van der Waals surface area (Å²) in [6, 6.07) is 20.2. The van der Waals surface area contributed by atoms with E-state index in [1.165, 1.54) is 18.4 Å². The number of anilines is 1. The van der Waals surface area contributed by atoms with E-state index >= 15 is 0 Å². The Morgan fingerprint density at radius 2 is 1.63 bits per heavy atom. The molecule has 38 heavy (non-hydrogen) atoms. The summed E-state index contributed by atoms with van der Waals surface area (Å²) in [5.74, 6) is 2.26. The van der Waals surface area contributed by atoms with Gasteiger partial charge in [-0.15, -0.1) is 0 Å². The summed E-state index contributed by atoms with van der Waals surface area (Å²) < 4.78 is 16.4. The highest BCUT2D eigenvalue weighted by Gasteiger charge is 2.24. The quantitative estimate of drug-likeness (QED) is 0.393. The van der Waals surface area contributed by atoms with Crippen molar-refractivity contribution in [3.8, 4) is 17.2 Å². The molecule has 0 unspecified atom stereocenters. The number of carbonyl (C=O) groups excluding carboxylic acids is 1. The summed E-state index contributed by atoms with van der Waals surface area (Å²) in [7, 11) is 4.72. The van der Waals surface area contributed by atoms with E-state index in [-0.39, 0.29) is 12.2 Å². The third kappa shape index (κ3) is 5.68. The number of hydrogen-bond donors (Lipinski definition) is 1. The van der Waals surface area contributed by atoms with Gasteiger partial charge in [-0.25, -0.2) is 0 Å². The first-order valence-electron chi connectivity index (χ1n) is 13.1. The molecule has 0 spiro atoms. The lowest BCUT2D eigenvalue weighted by Crippen LogP contribution is -2.35. The average Bonchev–Trinajstić information content (AvgIpc) is 2.96. The summed E-state index contributed by atoms with van der Waals surface area (Å²) in [6.45, 7) is 4.16. The van der Waals surface area contributed by atoms with Gasteiger partial charge in [0, 0.05) is 29.9 Å². The summed E-state index contributed by atoms with van der Waals surface area (Å²) in [6.07, 6.45) is 2.56. The zero-order chi connectivity index (χ0) is 26.5. The molecule has 5 rings (SSSR count). The third-order valence-corrected chi connectivity index (χ3v) is 7.43. The molecule has 0 aromatic heterocycles. The van der Waals surface area contributed by atoms with Gasteiger partial charge in [0.25, 0.3) is 0 Å². The molecule has 7 heteroatoms. The molecule has 2 aliphatic heterocycles. The first-order chi connectivity index (χ1) is 18.6. The van der Waals surface area contributed by atoms with Crippen LogP contribution in [-0.4, -0.2) is 57.4 Å². The van der Waals surface area contributed by atoms with Gasteiger partial charge in [0.05, 0.1) is 39.1 Å². The first kappa shape index (κ1) is 25.8. The molecule has 0 aliphatic carbocycles. The highest BCUT2D eigenvalue weighted by atomic mass is 16.5. The molecule has 0 atom stereocenters. The predicted molar refractivity (Wildman–Crippen MR) is 151 cm³/mol. The van der Waals surface area contributed by atoms with Crippen LogP contribution >= 0.6 is 0 Å². The van der Waals surface area contributed by atoms with E-state index in [2.05, 4.69) is 40.5 Å². The van der Waals surface area contributed by atoms with Crippen LogP contribution in [0.4, 0.5) is 11.4 Å². The number of benzene rings is 3. The van der Waals surface area contributed by atoms with Crippen LogP contribution in [0.1, 0.15) is 40.7 Å². The Hall–Kier alpha value is -3.84. The van der Waals surface area contributed by atoms with E-state index in [4.69, 9.17) is 19.2 Å². The average molecular weight is 514 g/mol. The molecule has 0 amide bonds. The number of nitrogens with one attached hydrogen (secondary N) is 1. The monoisotopic (exact) mass is 513 g/mol. The van der Waals surface area contributed by atoms with Crippen molar-refractivity contribution >= 4 is 22.9 Å². The van der Waals surface area contributed by atoms with Crippen LogP contribution in [-0.2, 0) is 6.54 Å². The van der Waals surface area contributed by atoms with Crippen LogP contribution in [0.3, 0.4) is 0 Å². The largest absolute Gasteiger partial charge is 0.493 e. The second-order valence-electron chi connectivity index (χ2n) is 9.89. The fourth-order valence-electron chi connectivity index (χ4n) is 5.27. The fourth-order valence-corrected chi connectivity index (χ4v) is 5.27. The number of ketones is 1. The van der Waals surface area contributed by atoms with Gasteiger partial charge < -0.3 is 19.5 Å². The number of rotatable bonds is 9. The van der Waals surface area contributed by atoms with Crippen LogP contribution < -0.4 is 19.5 Å². The van der Waals surface area contributed by atoms with E-state index in [0.717, 1.165) is 37.4 Å². The fraction of sp³-hybridized carbons (Fsp3) is 0.355. The smallest absolute Gasteiger partial charge is 0.203 e. The van der Waals surface area contributed by atoms with E-state index in [9.17, 15) is 4.79 Å². The number of methoxy groups -OCH3 is 3. The summed E-state index contributed by atoms with van der Waals surface area (Å²) in [5.41, 5.74) is 5.15. The lowest BCUT2D eigenvalue weighted by Gasteiger charge is -2.32. The highest BCUT2D eigenvalue weighted by molar-refractivity contribution is 6.21. The second-order valence-corrected chi connectivity index (χ2v) is 9.89. The Balaban J connectivity index is 1.23. The molecule has 3 aromatic rings. The van der Waals surface area contributed by atoms with Crippen molar-refractivity contribution in [2.45, 2.75) is 25.8 Å². The molecule has 2 aliphatic rings. The molecule has 1 fully saturated rings. The Morgan fingerprint density at radius 3 is 2.29 bits per heavy atom. The van der Waals surface area contributed by atoms with Crippen molar-refractivity contribution in [3.63, 3.8) is 0 Å². The van der Waals surface area contributed by atoms with Crippen LogP contribution in [0.25, 0.3) is 0 Å². The van der Waals surface area contributed by atoms with Crippen LogP contribution in [0.5, 0.6) is 17.2 Å². The minimum Gasteiger partial charge on any atom is -0.493 e. The van der Waals surface area contributed by atoms with Crippen LogP contribution in [0.15, 0.2) is 65.7 Å². The van der Waals surface area contributed by atoms with E-state index < -0.39 is 0 Å². The van der Waals surface area contributed by atoms with Crippen molar-refractivity contribution in [1.29, 1.82) is 0 Å². The van der Waals surface area contributed by atoms with Crippen molar-refractivity contribution in [2.75, 3.05) is 46.3 Å². The Morgan fingerprint density at radius 1 is 0.921 bits per heavy atom. The third-order valence-electron chi connectivity index (χ3n) is 7.43. The number of Topliss-reactive ketones (excluding diaryl/α,β-unsaturated/α-hetero) is 1. The number of fused-ring (bicyclic) bond motifs is 1. The SMILES string of the molecule is COc1cc(C2=Nc3ccc(NCC4CCN(Cc5ccccc5)CC4)cc3C(=O)C2)cc(OC)c1OC. The molecular formula is C31H35N3O4. The maximum Gasteiger partial charge on any atom is 0.203 e. The van der Waals surface area contributed by atoms with E-state index in [1.807, 2.05) is 30.3 Å². The van der Waals surface area contributed by atoms with Crippen LogP contribution in [0.2, 0.25) is 0 Å². The maximum absolute atomic E-state index is 13.1. The molecular weight excluding hydrogens is 478 g/mol. The van der Waals surface area contributed by atoms with E-state index in [0.29, 0.717) is 40.1 Å². The highest BCUT2D eigenvalue weighted by Crippen LogP contribution is 2.40. The molecule has 0 saturated carbocycles. The molecule has 3 aromatic carbocycles. The number of ether oxygens (including phenoxy) is 3. The topological polar surface area (TPSA) is 72.4 Å². The molecule has 7 nitrogen and oxygen atoms in total. The van der Waals surface area contributed by atoms with E-state index in [1.54, 1.807) is 21.3 Å². The predicted octanol–water partition coefficient (Wildman–Crippen LogP) is 5.74. The van der Waals surface area contributed by atoms with Gasteiger partial charge in [0.15, 0.2) is 17.3 Å². The van der Waals surface area contributed by atoms with Gasteiger partial charge in [-0.1, -0.05) is 30.3 Å². The Kier molecular flexibility index (Phi) is 7.94. The van der Waals surface area contributed by atoms with Gasteiger partial charge in [-0.05, 0) is 67.7 Å². The molecule has 0 radical (unpaired) electrons. The molecule has 198 valence electrons. The number of aliphatic imine (C=N–C) groups is 1. The van der Waals surface area contributed by atoms with Gasteiger partial charge in [-0.3, -0.25) is 14.7 Å². The van der Waals surface area contributed by atoms with Crippen LogP contribution in [0, 0.1) is 5.92 Å². The zero-order valence-electron chi connectivity index (χ0n) is 22.3. The summed E-state index contributed by atoms with van der Waals surface area (Å²) in [4.78, 5) is 20.5. The van der Waals surface area contributed by atoms with Crippen molar-refractivity contribution in [1.82, 2.24) is 4.90 Å².